The van der Waals surface area contributed by atoms with E-state index in [0.717, 1.165) is 36.1 Å². The Morgan fingerprint density at radius 3 is 2.79 bits per heavy atom. The van der Waals surface area contributed by atoms with Crippen molar-refractivity contribution >= 4 is 11.6 Å². The first-order valence-corrected chi connectivity index (χ1v) is 6.67. The van der Waals surface area contributed by atoms with Crippen molar-refractivity contribution in [2.75, 3.05) is 11.9 Å². The van der Waals surface area contributed by atoms with Gasteiger partial charge in [-0.15, -0.1) is 0 Å². The number of anilines is 1. The molecule has 0 atom stereocenters. The van der Waals surface area contributed by atoms with E-state index in [-0.39, 0.29) is 12.5 Å². The molecule has 0 spiro atoms. The molecule has 0 bridgehead atoms. The van der Waals surface area contributed by atoms with Crippen molar-refractivity contribution in [3.8, 4) is 11.8 Å². The first kappa shape index (κ1) is 15.3. The van der Waals surface area contributed by atoms with E-state index in [0.29, 0.717) is 6.42 Å². The fourth-order valence-corrected chi connectivity index (χ4v) is 1.77. The first-order valence-electron chi connectivity index (χ1n) is 6.67. The molecule has 102 valence electrons. The summed E-state index contributed by atoms with van der Waals surface area (Å²) in [5, 5.41) is 11.6. The van der Waals surface area contributed by atoms with Crippen molar-refractivity contribution in [1.82, 2.24) is 0 Å². The summed E-state index contributed by atoms with van der Waals surface area (Å²) >= 11 is 0. The molecule has 19 heavy (non-hydrogen) atoms. The van der Waals surface area contributed by atoms with Crippen LogP contribution in [0.3, 0.4) is 0 Å². The second-order valence-corrected chi connectivity index (χ2v) is 4.49. The molecule has 1 aromatic carbocycles. The van der Waals surface area contributed by atoms with Gasteiger partial charge in [0.2, 0.25) is 5.91 Å². The molecule has 0 fully saturated rings. The topological polar surface area (TPSA) is 49.3 Å². The van der Waals surface area contributed by atoms with Crippen molar-refractivity contribution in [2.24, 2.45) is 0 Å². The van der Waals surface area contributed by atoms with Gasteiger partial charge in [-0.1, -0.05) is 31.6 Å². The minimum Gasteiger partial charge on any atom is -0.384 e. The summed E-state index contributed by atoms with van der Waals surface area (Å²) in [5.41, 5.74) is 2.65. The third-order valence-corrected chi connectivity index (χ3v) is 2.82. The molecule has 3 heteroatoms. The van der Waals surface area contributed by atoms with Crippen LogP contribution in [0.15, 0.2) is 18.2 Å². The third kappa shape index (κ3) is 5.58. The molecule has 0 unspecified atom stereocenters. The lowest BCUT2D eigenvalue weighted by Crippen LogP contribution is -2.12. The SMILES string of the molecule is CCCCCC(=O)Nc1ccc(C#CCO)cc1C. The molecule has 0 saturated heterocycles. The molecule has 0 aliphatic rings. The number of rotatable bonds is 5. The monoisotopic (exact) mass is 259 g/mol. The standard InChI is InChI=1S/C16H21NO2/c1-3-4-5-8-16(19)17-15-10-9-14(7-6-11-18)12-13(15)2/h9-10,12,18H,3-5,8,11H2,1-2H3,(H,17,19). The molecule has 0 heterocycles. The normalized spacial score (nSPS) is 9.63. The van der Waals surface area contributed by atoms with Crippen molar-refractivity contribution in [2.45, 2.75) is 39.5 Å². The highest BCUT2D eigenvalue weighted by Gasteiger charge is 2.04. The predicted molar refractivity (Wildman–Crippen MR) is 77.9 cm³/mol. The van der Waals surface area contributed by atoms with E-state index in [4.69, 9.17) is 5.11 Å². The van der Waals surface area contributed by atoms with Crippen LogP contribution in [0.4, 0.5) is 5.69 Å². The van der Waals surface area contributed by atoms with E-state index in [1.165, 1.54) is 0 Å². The van der Waals surface area contributed by atoms with Gasteiger partial charge in [-0.25, -0.2) is 0 Å². The van der Waals surface area contributed by atoms with Crippen LogP contribution in [0.5, 0.6) is 0 Å². The number of hydrogen-bond acceptors (Lipinski definition) is 2. The Balaban J connectivity index is 2.62. The molecule has 0 radical (unpaired) electrons. The fraction of sp³-hybridized carbons (Fsp3) is 0.438. The molecule has 0 saturated carbocycles. The Morgan fingerprint density at radius 2 is 2.16 bits per heavy atom. The van der Waals surface area contributed by atoms with Crippen molar-refractivity contribution < 1.29 is 9.90 Å². The minimum atomic E-state index is -0.144. The molecular weight excluding hydrogens is 238 g/mol. The van der Waals surface area contributed by atoms with Gasteiger partial charge in [0.15, 0.2) is 0 Å². The summed E-state index contributed by atoms with van der Waals surface area (Å²) in [5.74, 6) is 5.51. The van der Waals surface area contributed by atoms with Gasteiger partial charge in [-0.2, -0.15) is 0 Å². The number of aryl methyl sites for hydroxylation is 1. The lowest BCUT2D eigenvalue weighted by molar-refractivity contribution is -0.116. The molecule has 0 aromatic heterocycles. The smallest absolute Gasteiger partial charge is 0.224 e. The van der Waals surface area contributed by atoms with Crippen molar-refractivity contribution in [3.05, 3.63) is 29.3 Å². The van der Waals surface area contributed by atoms with E-state index >= 15 is 0 Å². The molecule has 1 amide bonds. The zero-order valence-corrected chi connectivity index (χ0v) is 11.6. The van der Waals surface area contributed by atoms with E-state index in [1.54, 1.807) is 0 Å². The van der Waals surface area contributed by atoms with Crippen LogP contribution >= 0.6 is 0 Å². The number of aliphatic hydroxyl groups excluding tert-OH is 1. The zero-order valence-electron chi connectivity index (χ0n) is 11.6. The Kier molecular flexibility index (Phi) is 6.70. The predicted octanol–water partition coefficient (Wildman–Crippen LogP) is 2.86. The number of amides is 1. The van der Waals surface area contributed by atoms with E-state index in [2.05, 4.69) is 24.1 Å². The number of aliphatic hydroxyl groups is 1. The molecule has 2 N–H and O–H groups in total. The highest BCUT2D eigenvalue weighted by molar-refractivity contribution is 5.91. The number of carbonyl (C=O) groups is 1. The number of unbranched alkanes of at least 4 members (excludes halogenated alkanes) is 2. The van der Waals surface area contributed by atoms with Gasteiger partial charge >= 0.3 is 0 Å². The Bertz CT molecular complexity index is 483. The van der Waals surface area contributed by atoms with Crippen LogP contribution < -0.4 is 5.32 Å². The summed E-state index contributed by atoms with van der Waals surface area (Å²) in [6, 6.07) is 5.61. The average molecular weight is 259 g/mol. The summed E-state index contributed by atoms with van der Waals surface area (Å²) in [6.07, 6.45) is 3.70. The van der Waals surface area contributed by atoms with Gasteiger partial charge in [0.05, 0.1) is 0 Å². The van der Waals surface area contributed by atoms with E-state index in [1.807, 2.05) is 25.1 Å². The summed E-state index contributed by atoms with van der Waals surface area (Å²) < 4.78 is 0. The molecular formula is C16H21NO2. The van der Waals surface area contributed by atoms with Crippen LogP contribution in [0.2, 0.25) is 0 Å². The summed E-state index contributed by atoms with van der Waals surface area (Å²) in [4.78, 5) is 11.7. The van der Waals surface area contributed by atoms with Gasteiger partial charge in [0.25, 0.3) is 0 Å². The van der Waals surface area contributed by atoms with Crippen LogP contribution in [0.1, 0.15) is 43.7 Å². The minimum absolute atomic E-state index is 0.0609. The molecule has 0 aliphatic heterocycles. The van der Waals surface area contributed by atoms with Gasteiger partial charge in [-0.3, -0.25) is 4.79 Å². The number of nitrogens with one attached hydrogen (secondary N) is 1. The number of hydrogen-bond donors (Lipinski definition) is 2. The van der Waals surface area contributed by atoms with Crippen LogP contribution in [0, 0.1) is 18.8 Å². The number of carbonyl (C=O) groups excluding carboxylic acids is 1. The first-order chi connectivity index (χ1) is 9.17. The largest absolute Gasteiger partial charge is 0.384 e. The quantitative estimate of drug-likeness (QED) is 0.631. The van der Waals surface area contributed by atoms with Crippen molar-refractivity contribution in [1.29, 1.82) is 0 Å². The van der Waals surface area contributed by atoms with Gasteiger partial charge in [0, 0.05) is 17.7 Å². The Morgan fingerprint density at radius 1 is 1.37 bits per heavy atom. The van der Waals surface area contributed by atoms with E-state index in [9.17, 15) is 4.79 Å². The van der Waals surface area contributed by atoms with Crippen LogP contribution in [0.25, 0.3) is 0 Å². The Hall–Kier alpha value is -1.79. The highest BCUT2D eigenvalue weighted by atomic mass is 16.2. The lowest BCUT2D eigenvalue weighted by atomic mass is 10.1. The number of benzene rings is 1. The summed E-state index contributed by atoms with van der Waals surface area (Å²) in [6.45, 7) is 3.91. The zero-order chi connectivity index (χ0) is 14.1. The molecule has 1 rings (SSSR count). The maximum Gasteiger partial charge on any atom is 0.224 e. The van der Waals surface area contributed by atoms with E-state index < -0.39 is 0 Å². The van der Waals surface area contributed by atoms with Crippen LogP contribution in [-0.2, 0) is 4.79 Å². The van der Waals surface area contributed by atoms with Gasteiger partial charge < -0.3 is 10.4 Å². The molecule has 3 nitrogen and oxygen atoms in total. The fourth-order valence-electron chi connectivity index (χ4n) is 1.77. The second kappa shape index (κ2) is 8.34. The third-order valence-electron chi connectivity index (χ3n) is 2.82. The molecule has 1 aromatic rings. The maximum absolute atomic E-state index is 11.7. The highest BCUT2D eigenvalue weighted by Crippen LogP contribution is 2.16. The maximum atomic E-state index is 11.7. The summed E-state index contributed by atoms with van der Waals surface area (Å²) in [7, 11) is 0. The second-order valence-electron chi connectivity index (χ2n) is 4.49. The lowest BCUT2D eigenvalue weighted by Gasteiger charge is -2.08. The molecule has 0 aliphatic carbocycles. The van der Waals surface area contributed by atoms with Crippen molar-refractivity contribution in [3.63, 3.8) is 0 Å². The van der Waals surface area contributed by atoms with Gasteiger partial charge in [0.1, 0.15) is 6.61 Å². The van der Waals surface area contributed by atoms with Crippen LogP contribution in [-0.4, -0.2) is 17.6 Å². The van der Waals surface area contributed by atoms with Gasteiger partial charge in [-0.05, 0) is 37.1 Å². The Labute approximate surface area is 115 Å². The average Bonchev–Trinajstić information content (AvgIpc) is 2.39.